The van der Waals surface area contributed by atoms with Crippen LogP contribution in [0.3, 0.4) is 0 Å². The summed E-state index contributed by atoms with van der Waals surface area (Å²) in [5.41, 5.74) is 0.510. The van der Waals surface area contributed by atoms with Crippen molar-refractivity contribution in [2.45, 2.75) is 25.4 Å². The van der Waals surface area contributed by atoms with E-state index in [0.29, 0.717) is 34.6 Å². The molecule has 1 aliphatic rings. The van der Waals surface area contributed by atoms with Crippen molar-refractivity contribution in [1.29, 1.82) is 0 Å². The number of likely N-dealkylation sites (tertiary alicyclic amines) is 1. The Balaban J connectivity index is 1.39. The van der Waals surface area contributed by atoms with E-state index in [0.717, 1.165) is 19.4 Å². The van der Waals surface area contributed by atoms with Gasteiger partial charge in [-0.25, -0.2) is 9.07 Å². The summed E-state index contributed by atoms with van der Waals surface area (Å²) < 4.78 is 20.4. The second-order valence-corrected chi connectivity index (χ2v) is 8.30. The monoisotopic (exact) mass is 462 g/mol. The van der Waals surface area contributed by atoms with Gasteiger partial charge in [0.15, 0.2) is 5.69 Å². The first-order chi connectivity index (χ1) is 16.5. The van der Waals surface area contributed by atoms with E-state index in [4.69, 9.17) is 4.52 Å². The van der Waals surface area contributed by atoms with Gasteiger partial charge in [0.2, 0.25) is 11.7 Å². The van der Waals surface area contributed by atoms with Gasteiger partial charge in [-0.05, 0) is 37.6 Å². The van der Waals surface area contributed by atoms with E-state index < -0.39 is 0 Å². The highest BCUT2D eigenvalue weighted by atomic mass is 19.1. The van der Waals surface area contributed by atoms with Gasteiger partial charge in [0.25, 0.3) is 11.5 Å². The SMILES string of the molecule is CNC(=O)c1nn(CN2CCCC(c3nc(-c4cccc(F)c4)no3)C2)c(=O)c2ccccc12. The molecule has 1 aliphatic heterocycles. The lowest BCUT2D eigenvalue weighted by Crippen LogP contribution is -2.40. The van der Waals surface area contributed by atoms with Gasteiger partial charge in [-0.1, -0.05) is 35.5 Å². The van der Waals surface area contributed by atoms with Crippen LogP contribution >= 0.6 is 0 Å². The summed E-state index contributed by atoms with van der Waals surface area (Å²) in [4.78, 5) is 32.0. The zero-order valence-electron chi connectivity index (χ0n) is 18.6. The van der Waals surface area contributed by atoms with Gasteiger partial charge < -0.3 is 9.84 Å². The number of hydrogen-bond donors (Lipinski definition) is 1. The smallest absolute Gasteiger partial charge is 0.275 e. The molecule has 174 valence electrons. The summed E-state index contributed by atoms with van der Waals surface area (Å²) in [5, 5.41) is 12.0. The van der Waals surface area contributed by atoms with E-state index in [1.165, 1.54) is 23.9 Å². The van der Waals surface area contributed by atoms with Gasteiger partial charge in [-0.2, -0.15) is 10.1 Å². The van der Waals surface area contributed by atoms with Gasteiger partial charge in [0, 0.05) is 24.5 Å². The van der Waals surface area contributed by atoms with Crippen LogP contribution in [0.25, 0.3) is 22.2 Å². The number of benzene rings is 2. The number of nitrogens with zero attached hydrogens (tertiary/aromatic N) is 5. The normalized spacial score (nSPS) is 16.6. The molecule has 1 saturated heterocycles. The van der Waals surface area contributed by atoms with Crippen LogP contribution in [0.5, 0.6) is 0 Å². The van der Waals surface area contributed by atoms with E-state index in [1.54, 1.807) is 36.4 Å². The zero-order chi connectivity index (χ0) is 23.7. The second kappa shape index (κ2) is 9.14. The third-order valence-electron chi connectivity index (χ3n) is 6.02. The molecule has 2 aromatic carbocycles. The highest BCUT2D eigenvalue weighted by Gasteiger charge is 2.27. The van der Waals surface area contributed by atoms with Gasteiger partial charge in [0.1, 0.15) is 5.82 Å². The predicted octanol–water partition coefficient (Wildman–Crippen LogP) is 2.78. The van der Waals surface area contributed by atoms with Crippen molar-refractivity contribution in [3.8, 4) is 11.4 Å². The van der Waals surface area contributed by atoms with Crippen molar-refractivity contribution in [3.05, 3.63) is 76.3 Å². The number of fused-ring (bicyclic) bond motifs is 1. The van der Waals surface area contributed by atoms with Crippen molar-refractivity contribution in [1.82, 2.24) is 30.1 Å². The summed E-state index contributed by atoms with van der Waals surface area (Å²) in [6.45, 7) is 1.58. The molecule has 0 aliphatic carbocycles. The van der Waals surface area contributed by atoms with Crippen LogP contribution in [0, 0.1) is 5.82 Å². The lowest BCUT2D eigenvalue weighted by molar-refractivity contribution is 0.0953. The number of hydrogen-bond acceptors (Lipinski definition) is 7. The van der Waals surface area contributed by atoms with Crippen molar-refractivity contribution in [2.75, 3.05) is 20.1 Å². The topological polar surface area (TPSA) is 106 Å². The van der Waals surface area contributed by atoms with Crippen molar-refractivity contribution < 1.29 is 13.7 Å². The molecular weight excluding hydrogens is 439 g/mol. The maximum atomic E-state index is 13.6. The van der Waals surface area contributed by atoms with Gasteiger partial charge in [0.05, 0.1) is 18.0 Å². The lowest BCUT2D eigenvalue weighted by atomic mass is 9.98. The van der Waals surface area contributed by atoms with Crippen LogP contribution < -0.4 is 10.9 Å². The van der Waals surface area contributed by atoms with Crippen LogP contribution in [-0.2, 0) is 6.67 Å². The first kappa shape index (κ1) is 21.9. The van der Waals surface area contributed by atoms with Crippen LogP contribution in [0.15, 0.2) is 57.8 Å². The standard InChI is InChI=1S/C24H23FN6O3/c1-26-22(32)20-18-9-2-3-10-19(18)24(33)31(28-20)14-30-11-5-7-16(13-30)23-27-21(29-34-23)15-6-4-8-17(25)12-15/h2-4,6,8-10,12,16H,5,7,11,13-14H2,1H3,(H,26,32). The Morgan fingerprint density at radius 2 is 2.03 bits per heavy atom. The number of aromatic nitrogens is 4. The quantitative estimate of drug-likeness (QED) is 0.486. The largest absolute Gasteiger partial charge is 0.354 e. The number of nitrogens with one attached hydrogen (secondary N) is 1. The molecule has 1 fully saturated rings. The molecule has 10 heteroatoms. The Morgan fingerprint density at radius 3 is 2.82 bits per heavy atom. The third-order valence-corrected chi connectivity index (χ3v) is 6.02. The molecule has 0 spiro atoms. The van der Waals surface area contributed by atoms with E-state index in [1.807, 2.05) is 0 Å². The van der Waals surface area contributed by atoms with Crippen molar-refractivity contribution in [2.24, 2.45) is 0 Å². The Bertz CT molecular complexity index is 1420. The third kappa shape index (κ3) is 4.19. The fourth-order valence-corrected chi connectivity index (χ4v) is 4.34. The number of carbonyl (C=O) groups excluding carboxylic acids is 1. The summed E-state index contributed by atoms with van der Waals surface area (Å²) in [6, 6.07) is 13.0. The highest BCUT2D eigenvalue weighted by Crippen LogP contribution is 2.28. The van der Waals surface area contributed by atoms with E-state index in [9.17, 15) is 14.0 Å². The fourth-order valence-electron chi connectivity index (χ4n) is 4.34. The number of piperidine rings is 1. The molecule has 2 aromatic heterocycles. The molecule has 3 heterocycles. The first-order valence-electron chi connectivity index (χ1n) is 11.1. The van der Waals surface area contributed by atoms with Crippen LogP contribution in [-0.4, -0.2) is 50.9 Å². The molecule has 34 heavy (non-hydrogen) atoms. The summed E-state index contributed by atoms with van der Waals surface area (Å²) in [6.07, 6.45) is 1.72. The molecule has 0 saturated carbocycles. The van der Waals surface area contributed by atoms with E-state index >= 15 is 0 Å². The first-order valence-corrected chi connectivity index (χ1v) is 11.1. The molecule has 9 nitrogen and oxygen atoms in total. The summed E-state index contributed by atoms with van der Waals surface area (Å²) >= 11 is 0. The molecule has 0 radical (unpaired) electrons. The summed E-state index contributed by atoms with van der Waals surface area (Å²) in [7, 11) is 1.53. The Kier molecular flexibility index (Phi) is 5.89. The molecule has 1 atom stereocenters. The number of carbonyl (C=O) groups is 1. The minimum Gasteiger partial charge on any atom is -0.354 e. The van der Waals surface area contributed by atoms with Crippen molar-refractivity contribution >= 4 is 16.7 Å². The molecule has 1 N–H and O–H groups in total. The van der Waals surface area contributed by atoms with E-state index in [2.05, 4.69) is 25.5 Å². The van der Waals surface area contributed by atoms with Gasteiger partial charge in [-0.15, -0.1) is 0 Å². The molecule has 5 rings (SSSR count). The van der Waals surface area contributed by atoms with Gasteiger partial charge >= 0.3 is 0 Å². The van der Waals surface area contributed by atoms with Gasteiger partial charge in [-0.3, -0.25) is 14.5 Å². The molecule has 0 bridgehead atoms. The second-order valence-electron chi connectivity index (χ2n) is 8.30. The minimum absolute atomic E-state index is 0.0295. The molecule has 1 unspecified atom stereocenters. The highest BCUT2D eigenvalue weighted by molar-refractivity contribution is 6.04. The van der Waals surface area contributed by atoms with Crippen LogP contribution in [0.1, 0.15) is 35.1 Å². The fraction of sp³-hybridized carbons (Fsp3) is 0.292. The Morgan fingerprint density at radius 1 is 1.21 bits per heavy atom. The molecular formula is C24H23FN6O3. The van der Waals surface area contributed by atoms with Crippen LogP contribution in [0.2, 0.25) is 0 Å². The lowest BCUT2D eigenvalue weighted by Gasteiger charge is -2.30. The zero-order valence-corrected chi connectivity index (χ0v) is 18.6. The average molecular weight is 462 g/mol. The number of rotatable bonds is 5. The molecule has 4 aromatic rings. The number of amides is 1. The number of halogens is 1. The Hall–Kier alpha value is -3.92. The molecule has 1 amide bonds. The minimum atomic E-state index is -0.364. The maximum Gasteiger partial charge on any atom is 0.275 e. The predicted molar refractivity (Wildman–Crippen MR) is 123 cm³/mol. The average Bonchev–Trinajstić information content (AvgIpc) is 3.36. The van der Waals surface area contributed by atoms with E-state index in [-0.39, 0.29) is 35.6 Å². The summed E-state index contributed by atoms with van der Waals surface area (Å²) in [5.74, 6) is 0.0792. The van der Waals surface area contributed by atoms with Crippen LogP contribution in [0.4, 0.5) is 4.39 Å². The van der Waals surface area contributed by atoms with Crippen molar-refractivity contribution in [3.63, 3.8) is 0 Å². The Labute approximate surface area is 194 Å². The maximum absolute atomic E-state index is 13.6.